The van der Waals surface area contributed by atoms with Crippen LogP contribution in [0.25, 0.3) is 0 Å². The van der Waals surface area contributed by atoms with Crippen molar-refractivity contribution < 1.29 is 14.3 Å². The second-order valence-corrected chi connectivity index (χ2v) is 6.56. The number of pyridine rings is 1. The van der Waals surface area contributed by atoms with Crippen molar-refractivity contribution in [3.05, 3.63) is 64.4 Å². The van der Waals surface area contributed by atoms with Crippen LogP contribution in [-0.2, 0) is 16.1 Å². The largest absolute Gasteiger partial charge is 0.383 e. The molecule has 0 radical (unpaired) electrons. The van der Waals surface area contributed by atoms with Gasteiger partial charge in [0.1, 0.15) is 0 Å². The molecule has 7 heteroatoms. The van der Waals surface area contributed by atoms with Crippen LogP contribution in [0.2, 0.25) is 0 Å². The first-order chi connectivity index (χ1) is 12.6. The molecule has 1 N–H and O–H groups in total. The van der Waals surface area contributed by atoms with Crippen molar-refractivity contribution >= 4 is 27.7 Å². The van der Waals surface area contributed by atoms with Gasteiger partial charge < -0.3 is 15.0 Å². The summed E-state index contributed by atoms with van der Waals surface area (Å²) in [6.07, 6.45) is 1.92. The Labute approximate surface area is 161 Å². The van der Waals surface area contributed by atoms with E-state index in [-0.39, 0.29) is 24.8 Å². The number of rotatable bonds is 9. The highest BCUT2D eigenvalue weighted by Gasteiger charge is 2.15. The average Bonchev–Trinajstić information content (AvgIpc) is 2.66. The minimum absolute atomic E-state index is 0.0520. The molecule has 6 nitrogen and oxygen atoms in total. The molecule has 0 unspecified atom stereocenters. The molecule has 0 saturated heterocycles. The molecule has 0 bridgehead atoms. The molecule has 26 heavy (non-hydrogen) atoms. The number of hydrogen-bond acceptors (Lipinski definition) is 4. The normalized spacial score (nSPS) is 10.4. The van der Waals surface area contributed by atoms with Gasteiger partial charge in [0.25, 0.3) is 5.91 Å². The van der Waals surface area contributed by atoms with Crippen molar-refractivity contribution in [3.63, 3.8) is 0 Å². The van der Waals surface area contributed by atoms with Crippen LogP contribution in [0, 0.1) is 0 Å². The predicted octanol–water partition coefficient (Wildman–Crippen LogP) is 2.64. The monoisotopic (exact) mass is 419 g/mol. The summed E-state index contributed by atoms with van der Waals surface area (Å²) < 4.78 is 5.99. The molecule has 0 aliphatic heterocycles. The van der Waals surface area contributed by atoms with Gasteiger partial charge in [-0.1, -0.05) is 22.0 Å². The zero-order valence-electron chi connectivity index (χ0n) is 14.7. The van der Waals surface area contributed by atoms with E-state index in [2.05, 4.69) is 26.2 Å². The summed E-state index contributed by atoms with van der Waals surface area (Å²) in [5.74, 6) is -0.248. The molecule has 0 spiro atoms. The van der Waals surface area contributed by atoms with Gasteiger partial charge in [-0.2, -0.15) is 0 Å². The van der Waals surface area contributed by atoms with Crippen LogP contribution in [0.1, 0.15) is 22.5 Å². The first-order valence-corrected chi connectivity index (χ1v) is 9.10. The number of carbonyl (C=O) groups excluding carboxylic acids is 2. The highest BCUT2D eigenvalue weighted by molar-refractivity contribution is 9.10. The molecule has 0 fully saturated rings. The van der Waals surface area contributed by atoms with Crippen molar-refractivity contribution in [2.75, 3.05) is 26.8 Å². The van der Waals surface area contributed by atoms with Crippen LogP contribution in [0.3, 0.4) is 0 Å². The SMILES string of the molecule is COCCN(Cc1ccccn1)C(=O)CCNC(=O)c1ccc(Br)cc1. The van der Waals surface area contributed by atoms with E-state index in [0.29, 0.717) is 25.3 Å². The third-order valence-electron chi connectivity index (χ3n) is 3.73. The lowest BCUT2D eigenvalue weighted by atomic mass is 10.2. The van der Waals surface area contributed by atoms with Crippen molar-refractivity contribution in [2.45, 2.75) is 13.0 Å². The van der Waals surface area contributed by atoms with Gasteiger partial charge in [0.2, 0.25) is 5.91 Å². The number of methoxy groups -OCH3 is 1. The molecule has 0 saturated carbocycles. The smallest absolute Gasteiger partial charge is 0.251 e. The van der Waals surface area contributed by atoms with Crippen LogP contribution >= 0.6 is 15.9 Å². The Balaban J connectivity index is 1.85. The average molecular weight is 420 g/mol. The summed E-state index contributed by atoms with van der Waals surface area (Å²) in [4.78, 5) is 30.5. The van der Waals surface area contributed by atoms with E-state index >= 15 is 0 Å². The van der Waals surface area contributed by atoms with Crippen LogP contribution < -0.4 is 5.32 Å². The van der Waals surface area contributed by atoms with Crippen molar-refractivity contribution in [2.24, 2.45) is 0 Å². The number of halogens is 1. The Morgan fingerprint density at radius 2 is 1.96 bits per heavy atom. The highest BCUT2D eigenvalue weighted by atomic mass is 79.9. The summed E-state index contributed by atoms with van der Waals surface area (Å²) in [6.45, 7) is 1.62. The van der Waals surface area contributed by atoms with Crippen LogP contribution in [0.15, 0.2) is 53.1 Å². The number of aromatic nitrogens is 1. The zero-order valence-corrected chi connectivity index (χ0v) is 16.2. The summed E-state index contributed by atoms with van der Waals surface area (Å²) in [5.41, 5.74) is 1.38. The number of ether oxygens (including phenoxy) is 1. The summed E-state index contributed by atoms with van der Waals surface area (Å²) in [7, 11) is 1.60. The quantitative estimate of drug-likeness (QED) is 0.677. The van der Waals surface area contributed by atoms with Gasteiger partial charge >= 0.3 is 0 Å². The van der Waals surface area contributed by atoms with Gasteiger partial charge in [0.05, 0.1) is 18.8 Å². The molecule has 0 aliphatic carbocycles. The van der Waals surface area contributed by atoms with Gasteiger partial charge in [-0.15, -0.1) is 0 Å². The van der Waals surface area contributed by atoms with Crippen LogP contribution in [0.4, 0.5) is 0 Å². The van der Waals surface area contributed by atoms with E-state index < -0.39 is 0 Å². The Hall–Kier alpha value is -2.25. The zero-order chi connectivity index (χ0) is 18.8. The molecule has 138 valence electrons. The van der Waals surface area contributed by atoms with E-state index in [0.717, 1.165) is 10.2 Å². The van der Waals surface area contributed by atoms with E-state index in [1.165, 1.54) is 0 Å². The molecule has 0 aliphatic rings. The van der Waals surface area contributed by atoms with E-state index in [1.807, 2.05) is 18.2 Å². The van der Waals surface area contributed by atoms with Crippen LogP contribution in [0.5, 0.6) is 0 Å². The number of hydrogen-bond donors (Lipinski definition) is 1. The number of amides is 2. The standard InChI is InChI=1S/C19H22BrN3O3/c1-26-13-12-23(14-17-4-2-3-10-21-17)18(24)9-11-22-19(25)15-5-7-16(20)8-6-15/h2-8,10H,9,11-14H2,1H3,(H,22,25). The van der Waals surface area contributed by atoms with Gasteiger partial charge in [-0.05, 0) is 36.4 Å². The van der Waals surface area contributed by atoms with Gasteiger partial charge in [0, 0.05) is 42.9 Å². The lowest BCUT2D eigenvalue weighted by molar-refractivity contribution is -0.132. The molecule has 2 rings (SSSR count). The van der Waals surface area contributed by atoms with Crippen molar-refractivity contribution in [3.8, 4) is 0 Å². The molecule has 1 heterocycles. The third kappa shape index (κ3) is 6.57. The lowest BCUT2D eigenvalue weighted by Gasteiger charge is -2.22. The molecular formula is C19H22BrN3O3. The molecule has 1 aromatic heterocycles. The topological polar surface area (TPSA) is 71.5 Å². The molecule has 1 aromatic carbocycles. The molecule has 0 atom stereocenters. The number of nitrogens with zero attached hydrogens (tertiary/aromatic N) is 2. The first kappa shape index (κ1) is 20.1. The lowest BCUT2D eigenvalue weighted by Crippen LogP contribution is -2.36. The summed E-state index contributed by atoms with van der Waals surface area (Å²) in [6, 6.07) is 12.7. The first-order valence-electron chi connectivity index (χ1n) is 8.30. The summed E-state index contributed by atoms with van der Waals surface area (Å²) >= 11 is 3.33. The van der Waals surface area contributed by atoms with Crippen molar-refractivity contribution in [1.82, 2.24) is 15.2 Å². The fourth-order valence-electron chi connectivity index (χ4n) is 2.33. The fourth-order valence-corrected chi connectivity index (χ4v) is 2.59. The Kier molecular flexibility index (Phi) is 8.24. The molecule has 2 aromatic rings. The van der Waals surface area contributed by atoms with Crippen molar-refractivity contribution in [1.29, 1.82) is 0 Å². The summed E-state index contributed by atoms with van der Waals surface area (Å²) in [5, 5.41) is 2.78. The fraction of sp³-hybridized carbons (Fsp3) is 0.316. The number of carbonyl (C=O) groups is 2. The second kappa shape index (κ2) is 10.7. The Morgan fingerprint density at radius 3 is 2.62 bits per heavy atom. The maximum Gasteiger partial charge on any atom is 0.251 e. The molecule has 2 amide bonds. The Bertz CT molecular complexity index is 708. The van der Waals surface area contributed by atoms with Crippen LogP contribution in [-0.4, -0.2) is 48.5 Å². The maximum atomic E-state index is 12.5. The maximum absolute atomic E-state index is 12.5. The number of benzene rings is 1. The molecular weight excluding hydrogens is 398 g/mol. The van der Waals surface area contributed by atoms with E-state index in [4.69, 9.17) is 4.74 Å². The minimum Gasteiger partial charge on any atom is -0.383 e. The van der Waals surface area contributed by atoms with E-state index in [9.17, 15) is 9.59 Å². The predicted molar refractivity (Wildman–Crippen MR) is 103 cm³/mol. The Morgan fingerprint density at radius 1 is 1.19 bits per heavy atom. The van der Waals surface area contributed by atoms with Gasteiger partial charge in [-0.3, -0.25) is 14.6 Å². The van der Waals surface area contributed by atoms with Gasteiger partial charge in [-0.25, -0.2) is 0 Å². The number of nitrogens with one attached hydrogen (secondary N) is 1. The van der Waals surface area contributed by atoms with Gasteiger partial charge in [0.15, 0.2) is 0 Å². The third-order valence-corrected chi connectivity index (χ3v) is 4.26. The second-order valence-electron chi connectivity index (χ2n) is 5.64. The highest BCUT2D eigenvalue weighted by Crippen LogP contribution is 2.10. The van der Waals surface area contributed by atoms with E-state index in [1.54, 1.807) is 42.5 Å². The minimum atomic E-state index is -0.196.